The van der Waals surface area contributed by atoms with Gasteiger partial charge in [-0.3, -0.25) is 0 Å². The fourth-order valence-electron chi connectivity index (χ4n) is 2.81. The van der Waals surface area contributed by atoms with Crippen molar-refractivity contribution in [3.63, 3.8) is 0 Å². The highest BCUT2D eigenvalue weighted by Crippen LogP contribution is 2.27. The molecule has 0 aromatic heterocycles. The molecule has 0 aliphatic carbocycles. The van der Waals surface area contributed by atoms with Crippen LogP contribution in [0.25, 0.3) is 0 Å². The van der Waals surface area contributed by atoms with Crippen molar-refractivity contribution in [2.75, 3.05) is 20.2 Å². The van der Waals surface area contributed by atoms with Crippen molar-refractivity contribution in [3.05, 3.63) is 29.8 Å². The van der Waals surface area contributed by atoms with Crippen molar-refractivity contribution in [1.29, 1.82) is 0 Å². The fraction of sp³-hybridized carbons (Fsp3) is 0.533. The normalized spacial score (nSPS) is 19.8. The molecule has 0 amide bonds. The number of carbonyl (C=O) groups is 1. The van der Waals surface area contributed by atoms with E-state index in [2.05, 4.69) is 4.74 Å². The monoisotopic (exact) mass is 326 g/mol. The zero-order valence-corrected chi connectivity index (χ0v) is 13.5. The highest BCUT2D eigenvalue weighted by atomic mass is 32.2. The first-order chi connectivity index (χ1) is 10.5. The van der Waals surface area contributed by atoms with E-state index in [1.165, 1.54) is 23.5 Å². The standard InChI is InChI=1S/C15H22N2O4S/c1-21-15(18)12-5-4-7-14(11-12)22(19,20)17-10-3-2-6-13(17)8-9-16/h4-5,7,11,13H,2-3,6,8-10,16H2,1H3. The van der Waals surface area contributed by atoms with E-state index in [1.54, 1.807) is 12.1 Å². The van der Waals surface area contributed by atoms with Gasteiger partial charge in [0.25, 0.3) is 0 Å². The summed E-state index contributed by atoms with van der Waals surface area (Å²) < 4.78 is 31.9. The van der Waals surface area contributed by atoms with Gasteiger partial charge in [0.05, 0.1) is 17.6 Å². The molecule has 22 heavy (non-hydrogen) atoms. The Hall–Kier alpha value is -1.44. The number of nitrogens with zero attached hydrogens (tertiary/aromatic N) is 1. The Morgan fingerprint density at radius 1 is 1.41 bits per heavy atom. The molecule has 0 saturated carbocycles. The van der Waals surface area contributed by atoms with Gasteiger partial charge in [-0.1, -0.05) is 12.5 Å². The third-order valence-electron chi connectivity index (χ3n) is 3.93. The maximum atomic E-state index is 12.9. The van der Waals surface area contributed by atoms with Crippen LogP contribution in [0.3, 0.4) is 0 Å². The van der Waals surface area contributed by atoms with E-state index in [4.69, 9.17) is 5.73 Å². The zero-order chi connectivity index (χ0) is 16.2. The van der Waals surface area contributed by atoms with Gasteiger partial charge < -0.3 is 10.5 Å². The lowest BCUT2D eigenvalue weighted by Crippen LogP contribution is -2.44. The number of benzene rings is 1. The second kappa shape index (κ2) is 7.21. The number of esters is 1. The van der Waals surface area contributed by atoms with Crippen LogP contribution in [0.15, 0.2) is 29.2 Å². The van der Waals surface area contributed by atoms with Crippen molar-refractivity contribution in [3.8, 4) is 0 Å². The molecule has 1 aromatic carbocycles. The Bertz CT molecular complexity index is 628. The summed E-state index contributed by atoms with van der Waals surface area (Å²) in [5.41, 5.74) is 5.84. The number of sulfonamides is 1. The molecule has 2 N–H and O–H groups in total. The molecule has 2 rings (SSSR count). The number of piperidine rings is 1. The van der Waals surface area contributed by atoms with E-state index < -0.39 is 16.0 Å². The number of hydrogen-bond acceptors (Lipinski definition) is 5. The topological polar surface area (TPSA) is 89.7 Å². The lowest BCUT2D eigenvalue weighted by molar-refractivity contribution is 0.0600. The number of ether oxygens (including phenoxy) is 1. The van der Waals surface area contributed by atoms with Crippen molar-refractivity contribution in [2.45, 2.75) is 36.6 Å². The minimum absolute atomic E-state index is 0.0643. The predicted molar refractivity (Wildman–Crippen MR) is 83.0 cm³/mol. The molecule has 1 heterocycles. The average Bonchev–Trinajstić information content (AvgIpc) is 2.55. The predicted octanol–water partition coefficient (Wildman–Crippen LogP) is 1.37. The van der Waals surface area contributed by atoms with Crippen LogP contribution in [0.4, 0.5) is 0 Å². The van der Waals surface area contributed by atoms with E-state index in [9.17, 15) is 13.2 Å². The molecule has 1 aromatic rings. The Kier molecular flexibility index (Phi) is 5.55. The van der Waals surface area contributed by atoms with Crippen molar-refractivity contribution in [2.24, 2.45) is 5.73 Å². The number of methoxy groups -OCH3 is 1. The zero-order valence-electron chi connectivity index (χ0n) is 12.7. The molecule has 7 heteroatoms. The fourth-order valence-corrected chi connectivity index (χ4v) is 4.58. The van der Waals surface area contributed by atoms with Crippen LogP contribution in [0.5, 0.6) is 0 Å². The van der Waals surface area contributed by atoms with Crippen molar-refractivity contribution in [1.82, 2.24) is 4.31 Å². The third kappa shape index (κ3) is 3.48. The molecule has 0 bridgehead atoms. The molecule has 0 radical (unpaired) electrons. The average molecular weight is 326 g/mol. The van der Waals surface area contributed by atoms with Crippen molar-refractivity contribution >= 4 is 16.0 Å². The molecule has 1 aliphatic heterocycles. The summed E-state index contributed by atoms with van der Waals surface area (Å²) >= 11 is 0. The number of nitrogens with two attached hydrogens (primary N) is 1. The number of rotatable bonds is 5. The van der Waals surface area contributed by atoms with Gasteiger partial charge >= 0.3 is 5.97 Å². The van der Waals surface area contributed by atoms with Crippen LogP contribution >= 0.6 is 0 Å². The van der Waals surface area contributed by atoms with Gasteiger partial charge in [-0.15, -0.1) is 0 Å². The van der Waals surface area contributed by atoms with Gasteiger partial charge in [0.15, 0.2) is 0 Å². The molecule has 1 fully saturated rings. The first-order valence-corrected chi connectivity index (χ1v) is 8.85. The number of carbonyl (C=O) groups excluding carboxylic acids is 1. The molecular weight excluding hydrogens is 304 g/mol. The van der Waals surface area contributed by atoms with Gasteiger partial charge in [0.2, 0.25) is 10.0 Å². The van der Waals surface area contributed by atoms with Gasteiger partial charge in [-0.25, -0.2) is 13.2 Å². The van der Waals surface area contributed by atoms with Crippen LogP contribution in [-0.4, -0.2) is 44.9 Å². The van der Waals surface area contributed by atoms with Gasteiger partial charge in [0, 0.05) is 12.6 Å². The maximum Gasteiger partial charge on any atom is 0.337 e. The summed E-state index contributed by atoms with van der Waals surface area (Å²) in [5, 5.41) is 0. The Morgan fingerprint density at radius 2 is 2.18 bits per heavy atom. The summed E-state index contributed by atoms with van der Waals surface area (Å²) in [6.07, 6.45) is 3.33. The summed E-state index contributed by atoms with van der Waals surface area (Å²) in [6.45, 7) is 0.953. The largest absolute Gasteiger partial charge is 0.465 e. The molecule has 6 nitrogen and oxygen atoms in total. The second-order valence-corrected chi connectivity index (χ2v) is 7.25. The van der Waals surface area contributed by atoms with Gasteiger partial charge in [-0.05, 0) is 44.0 Å². The number of hydrogen-bond donors (Lipinski definition) is 1. The van der Waals surface area contributed by atoms with Crippen LogP contribution < -0.4 is 5.73 Å². The van der Waals surface area contributed by atoms with Crippen LogP contribution in [0.2, 0.25) is 0 Å². The molecule has 1 aliphatic rings. The minimum atomic E-state index is -3.63. The molecule has 122 valence electrons. The Labute approximate surface area is 131 Å². The van der Waals surface area contributed by atoms with Gasteiger partial charge in [-0.2, -0.15) is 4.31 Å². The maximum absolute atomic E-state index is 12.9. The van der Waals surface area contributed by atoms with Crippen LogP contribution in [-0.2, 0) is 14.8 Å². The first-order valence-electron chi connectivity index (χ1n) is 7.41. The lowest BCUT2D eigenvalue weighted by atomic mass is 10.0. The summed E-state index contributed by atoms with van der Waals surface area (Å²) in [6, 6.07) is 5.91. The third-order valence-corrected chi connectivity index (χ3v) is 5.88. The van der Waals surface area contributed by atoms with Gasteiger partial charge in [0.1, 0.15) is 0 Å². The molecule has 1 atom stereocenters. The summed E-state index contributed by atoms with van der Waals surface area (Å²) in [7, 11) is -2.36. The first kappa shape index (κ1) is 16.9. The van der Waals surface area contributed by atoms with E-state index in [0.717, 1.165) is 19.3 Å². The van der Waals surface area contributed by atoms with E-state index >= 15 is 0 Å². The highest BCUT2D eigenvalue weighted by Gasteiger charge is 2.33. The lowest BCUT2D eigenvalue weighted by Gasteiger charge is -2.34. The molecule has 1 saturated heterocycles. The minimum Gasteiger partial charge on any atom is -0.465 e. The quantitative estimate of drug-likeness (QED) is 0.825. The van der Waals surface area contributed by atoms with Crippen LogP contribution in [0, 0.1) is 0 Å². The van der Waals surface area contributed by atoms with Crippen LogP contribution in [0.1, 0.15) is 36.0 Å². The second-order valence-electron chi connectivity index (χ2n) is 5.36. The van der Waals surface area contributed by atoms with E-state index in [1.807, 2.05) is 0 Å². The summed E-state index contributed by atoms with van der Waals surface area (Å²) in [4.78, 5) is 11.7. The Balaban J connectivity index is 2.34. The highest BCUT2D eigenvalue weighted by molar-refractivity contribution is 7.89. The van der Waals surface area contributed by atoms with E-state index in [-0.39, 0.29) is 16.5 Å². The summed E-state index contributed by atoms with van der Waals surface area (Å²) in [5.74, 6) is -0.547. The molecule has 1 unspecified atom stereocenters. The Morgan fingerprint density at radius 3 is 2.86 bits per heavy atom. The van der Waals surface area contributed by atoms with Crippen molar-refractivity contribution < 1.29 is 17.9 Å². The molecule has 0 spiro atoms. The SMILES string of the molecule is COC(=O)c1cccc(S(=O)(=O)N2CCCCC2CCN)c1. The molecular formula is C15H22N2O4S. The van der Waals surface area contributed by atoms with E-state index in [0.29, 0.717) is 19.5 Å². The smallest absolute Gasteiger partial charge is 0.337 e.